The van der Waals surface area contributed by atoms with Crippen LogP contribution in [0.3, 0.4) is 0 Å². The van der Waals surface area contributed by atoms with Gasteiger partial charge in [0.15, 0.2) is 0 Å². The van der Waals surface area contributed by atoms with E-state index in [1.807, 2.05) is 0 Å². The third kappa shape index (κ3) is 3.75. The molecule has 0 spiro atoms. The molecule has 132 valence electrons. The van der Waals surface area contributed by atoms with E-state index in [0.29, 0.717) is 16.8 Å². The van der Waals surface area contributed by atoms with Gasteiger partial charge in [0.25, 0.3) is 5.91 Å². The first-order chi connectivity index (χ1) is 12.5. The second kappa shape index (κ2) is 7.41. The van der Waals surface area contributed by atoms with E-state index in [1.54, 1.807) is 36.4 Å². The van der Waals surface area contributed by atoms with E-state index in [-0.39, 0.29) is 23.3 Å². The molecule has 2 aromatic carbocycles. The fourth-order valence-electron chi connectivity index (χ4n) is 2.50. The van der Waals surface area contributed by atoms with Crippen molar-refractivity contribution in [2.24, 2.45) is 5.73 Å². The van der Waals surface area contributed by atoms with Crippen molar-refractivity contribution in [2.75, 3.05) is 0 Å². The van der Waals surface area contributed by atoms with Crippen molar-refractivity contribution in [3.05, 3.63) is 75.6 Å². The molecule has 0 saturated carbocycles. The van der Waals surface area contributed by atoms with Crippen LogP contribution in [0.5, 0.6) is 5.75 Å². The molecule has 1 aromatic heterocycles. The van der Waals surface area contributed by atoms with Gasteiger partial charge in [-0.15, -0.1) is 11.6 Å². The van der Waals surface area contributed by atoms with Gasteiger partial charge in [0.1, 0.15) is 11.3 Å². The number of rotatable bonds is 5. The Morgan fingerprint density at radius 1 is 1.12 bits per heavy atom. The first-order valence-corrected chi connectivity index (χ1v) is 8.22. The molecule has 1 amide bonds. The van der Waals surface area contributed by atoms with Gasteiger partial charge in [-0.3, -0.25) is 9.59 Å². The maximum Gasteiger partial charge on any atom is 0.340 e. The number of halogens is 1. The first-order valence-electron chi connectivity index (χ1n) is 7.69. The highest BCUT2D eigenvalue weighted by molar-refractivity contribution is 6.17. The molecule has 0 saturated heterocycles. The molecule has 26 heavy (non-hydrogen) atoms. The van der Waals surface area contributed by atoms with Gasteiger partial charge in [0.05, 0.1) is 12.0 Å². The van der Waals surface area contributed by atoms with Gasteiger partial charge in [-0.1, -0.05) is 18.2 Å². The number of para-hydroxylation sites is 1. The molecule has 0 bridgehead atoms. The third-order valence-electron chi connectivity index (χ3n) is 3.73. The molecule has 0 unspecified atom stereocenters. The molecular formula is C19H14ClNO5. The number of hydrogen-bond donors (Lipinski definition) is 1. The van der Waals surface area contributed by atoms with Gasteiger partial charge >= 0.3 is 11.6 Å². The topological polar surface area (TPSA) is 99.6 Å². The van der Waals surface area contributed by atoms with Crippen molar-refractivity contribution >= 4 is 34.4 Å². The van der Waals surface area contributed by atoms with Gasteiger partial charge in [0.2, 0.25) is 0 Å². The highest BCUT2D eigenvalue weighted by Gasteiger charge is 2.15. The Labute approximate surface area is 153 Å². The van der Waals surface area contributed by atoms with Crippen LogP contribution in [0.2, 0.25) is 0 Å². The fraction of sp³-hybridized carbons (Fsp3) is 0.105. The lowest BCUT2D eigenvalue weighted by Crippen LogP contribution is -2.19. The summed E-state index contributed by atoms with van der Waals surface area (Å²) in [6.45, 7) is 0. The summed E-state index contributed by atoms with van der Waals surface area (Å²) in [5, 5.41) is 0.656. The first kappa shape index (κ1) is 17.7. The van der Waals surface area contributed by atoms with E-state index >= 15 is 0 Å². The number of fused-ring (bicyclic) bond motifs is 1. The van der Waals surface area contributed by atoms with Crippen LogP contribution in [0.15, 0.2) is 57.7 Å². The molecule has 3 aromatic rings. The Bertz CT molecular complexity index is 1060. The lowest BCUT2D eigenvalue weighted by Gasteiger charge is -2.08. The number of carbonyl (C=O) groups is 2. The maximum atomic E-state index is 12.2. The fourth-order valence-corrected chi connectivity index (χ4v) is 2.66. The predicted molar refractivity (Wildman–Crippen MR) is 96.3 cm³/mol. The van der Waals surface area contributed by atoms with Crippen LogP contribution in [0, 0.1) is 0 Å². The summed E-state index contributed by atoms with van der Waals surface area (Å²) in [5.74, 6) is -1.07. The van der Waals surface area contributed by atoms with Crippen LogP contribution < -0.4 is 16.1 Å². The summed E-state index contributed by atoms with van der Waals surface area (Å²) < 4.78 is 10.4. The average molecular weight is 372 g/mol. The van der Waals surface area contributed by atoms with Crippen LogP contribution in [0.1, 0.15) is 21.5 Å². The minimum Gasteiger partial charge on any atom is -0.425 e. The van der Waals surface area contributed by atoms with Crippen molar-refractivity contribution < 1.29 is 18.7 Å². The number of amides is 1. The van der Waals surface area contributed by atoms with Gasteiger partial charge in [-0.05, 0) is 35.9 Å². The standard InChI is InChI=1S/C19H14ClNO5/c20-10-11-5-6-15-12(7-11)8-13(19(24)26-15)9-17(22)25-16-4-2-1-3-14(16)18(21)23/h1-8H,9-10H2,(H2,21,23). The van der Waals surface area contributed by atoms with Gasteiger partial charge < -0.3 is 14.9 Å². The van der Waals surface area contributed by atoms with Crippen LogP contribution in [0.25, 0.3) is 11.0 Å². The lowest BCUT2D eigenvalue weighted by molar-refractivity contribution is -0.133. The normalized spacial score (nSPS) is 10.7. The van der Waals surface area contributed by atoms with Gasteiger partial charge in [0, 0.05) is 16.8 Å². The number of primary amides is 1. The largest absolute Gasteiger partial charge is 0.425 e. The Kier molecular flexibility index (Phi) is 5.04. The van der Waals surface area contributed by atoms with E-state index in [1.165, 1.54) is 12.1 Å². The molecule has 0 atom stereocenters. The van der Waals surface area contributed by atoms with Crippen molar-refractivity contribution in [1.29, 1.82) is 0 Å². The van der Waals surface area contributed by atoms with E-state index in [0.717, 1.165) is 5.56 Å². The molecule has 3 rings (SSSR count). The predicted octanol–water partition coefficient (Wildman–Crippen LogP) is 2.78. The number of hydrogen-bond acceptors (Lipinski definition) is 5. The third-order valence-corrected chi connectivity index (χ3v) is 4.04. The second-order valence-corrected chi connectivity index (χ2v) is 5.84. The molecule has 2 N–H and O–H groups in total. The zero-order chi connectivity index (χ0) is 18.7. The molecule has 0 aliphatic rings. The smallest absolute Gasteiger partial charge is 0.340 e. The summed E-state index contributed by atoms with van der Waals surface area (Å²) >= 11 is 5.81. The van der Waals surface area contributed by atoms with Crippen molar-refractivity contribution in [3.63, 3.8) is 0 Å². The highest BCUT2D eigenvalue weighted by atomic mass is 35.5. The van der Waals surface area contributed by atoms with Crippen LogP contribution in [-0.2, 0) is 17.1 Å². The quantitative estimate of drug-likeness (QED) is 0.322. The number of benzene rings is 2. The minimum atomic E-state index is -0.716. The Hall–Kier alpha value is -3.12. The number of carbonyl (C=O) groups excluding carboxylic acids is 2. The van der Waals surface area contributed by atoms with Crippen LogP contribution >= 0.6 is 11.6 Å². The maximum absolute atomic E-state index is 12.2. The summed E-state index contributed by atoms with van der Waals surface area (Å²) in [6, 6.07) is 12.9. The molecule has 1 heterocycles. The zero-order valence-electron chi connectivity index (χ0n) is 13.5. The Morgan fingerprint density at radius 2 is 1.88 bits per heavy atom. The highest BCUT2D eigenvalue weighted by Crippen LogP contribution is 2.19. The van der Waals surface area contributed by atoms with Crippen molar-refractivity contribution in [3.8, 4) is 5.75 Å². The number of esters is 1. The minimum absolute atomic E-state index is 0.0413. The van der Waals surface area contributed by atoms with Gasteiger partial charge in [-0.2, -0.15) is 0 Å². The number of ether oxygens (including phenoxy) is 1. The van der Waals surface area contributed by atoms with Gasteiger partial charge in [-0.25, -0.2) is 4.79 Å². The molecule has 0 aliphatic carbocycles. The summed E-state index contributed by atoms with van der Waals surface area (Å²) in [5.41, 5.74) is 6.11. The van der Waals surface area contributed by atoms with Crippen LogP contribution in [-0.4, -0.2) is 11.9 Å². The molecule has 0 aliphatic heterocycles. The lowest BCUT2D eigenvalue weighted by atomic mass is 10.1. The second-order valence-electron chi connectivity index (χ2n) is 5.58. The monoisotopic (exact) mass is 371 g/mol. The molecule has 0 fully saturated rings. The summed E-state index contributed by atoms with van der Waals surface area (Å²) in [6.07, 6.45) is -0.309. The summed E-state index contributed by atoms with van der Waals surface area (Å²) in [4.78, 5) is 35.6. The number of nitrogens with two attached hydrogens (primary N) is 1. The molecular weight excluding hydrogens is 358 g/mol. The van der Waals surface area contributed by atoms with E-state index in [4.69, 9.17) is 26.5 Å². The van der Waals surface area contributed by atoms with Crippen molar-refractivity contribution in [2.45, 2.75) is 12.3 Å². The Balaban J connectivity index is 1.86. The molecule has 7 heteroatoms. The van der Waals surface area contributed by atoms with E-state index in [9.17, 15) is 14.4 Å². The SMILES string of the molecule is NC(=O)c1ccccc1OC(=O)Cc1cc2cc(CCl)ccc2oc1=O. The van der Waals surface area contributed by atoms with E-state index < -0.39 is 17.5 Å². The molecule has 6 nitrogen and oxygen atoms in total. The zero-order valence-corrected chi connectivity index (χ0v) is 14.3. The number of alkyl halides is 1. The van der Waals surface area contributed by atoms with Crippen LogP contribution in [0.4, 0.5) is 0 Å². The van der Waals surface area contributed by atoms with E-state index in [2.05, 4.69) is 0 Å². The van der Waals surface area contributed by atoms with Crippen molar-refractivity contribution in [1.82, 2.24) is 0 Å². The molecule has 0 radical (unpaired) electrons. The Morgan fingerprint density at radius 3 is 2.62 bits per heavy atom. The summed E-state index contributed by atoms with van der Waals surface area (Å²) in [7, 11) is 0. The average Bonchev–Trinajstić information content (AvgIpc) is 2.62.